The molecule has 0 bridgehead atoms. The molecule has 1 atom stereocenters. The largest absolute Gasteiger partial charge is 0.339 e. The number of hydrogen-bond acceptors (Lipinski definition) is 4. The number of thiophene rings is 1. The number of carbonyl (C=O) groups is 2. The maximum Gasteiger partial charge on any atom is 0.254 e. The molecule has 5 nitrogen and oxygen atoms in total. The van der Waals surface area contributed by atoms with E-state index < -0.39 is 0 Å². The van der Waals surface area contributed by atoms with Gasteiger partial charge in [0.25, 0.3) is 5.91 Å². The predicted octanol–water partition coefficient (Wildman–Crippen LogP) is 2.61. The monoisotopic (exact) mass is 375 g/mol. The third-order valence-electron chi connectivity index (χ3n) is 6.59. The van der Waals surface area contributed by atoms with Crippen LogP contribution in [0.1, 0.15) is 47.3 Å². The third kappa shape index (κ3) is 3.41. The lowest BCUT2D eigenvalue weighted by Gasteiger charge is -2.49. The van der Waals surface area contributed by atoms with E-state index in [1.807, 2.05) is 23.3 Å². The van der Waals surface area contributed by atoms with Crippen LogP contribution in [0.4, 0.5) is 0 Å². The van der Waals surface area contributed by atoms with Crippen LogP contribution in [0.15, 0.2) is 11.4 Å². The summed E-state index contributed by atoms with van der Waals surface area (Å²) in [5.41, 5.74) is 1.05. The van der Waals surface area contributed by atoms with Crippen LogP contribution in [-0.4, -0.2) is 72.3 Å². The number of likely N-dealkylation sites (tertiary alicyclic amines) is 3. The molecule has 3 fully saturated rings. The van der Waals surface area contributed by atoms with Gasteiger partial charge in [0.1, 0.15) is 0 Å². The van der Waals surface area contributed by atoms with Crippen LogP contribution in [-0.2, 0) is 4.79 Å². The summed E-state index contributed by atoms with van der Waals surface area (Å²) in [7, 11) is 2.14. The molecule has 0 N–H and O–H groups in total. The molecule has 4 rings (SSSR count). The fraction of sp³-hybridized carbons (Fsp3) is 0.700. The van der Waals surface area contributed by atoms with Crippen molar-refractivity contribution in [3.63, 3.8) is 0 Å². The zero-order valence-corrected chi connectivity index (χ0v) is 16.7. The lowest BCUT2D eigenvalue weighted by molar-refractivity contribution is -0.141. The van der Waals surface area contributed by atoms with Crippen LogP contribution in [0.5, 0.6) is 0 Å². The molecule has 6 heteroatoms. The summed E-state index contributed by atoms with van der Waals surface area (Å²) in [6.07, 6.45) is 4.81. The Labute approximate surface area is 159 Å². The van der Waals surface area contributed by atoms with Crippen molar-refractivity contribution in [2.75, 3.05) is 39.8 Å². The van der Waals surface area contributed by atoms with Crippen molar-refractivity contribution in [1.29, 1.82) is 0 Å². The average molecular weight is 376 g/mol. The molecule has 26 heavy (non-hydrogen) atoms. The van der Waals surface area contributed by atoms with E-state index in [0.29, 0.717) is 18.4 Å². The molecule has 2 amide bonds. The summed E-state index contributed by atoms with van der Waals surface area (Å²) in [4.78, 5) is 32.9. The Morgan fingerprint density at radius 2 is 2.00 bits per heavy atom. The maximum atomic E-state index is 12.7. The van der Waals surface area contributed by atoms with Gasteiger partial charge in [-0.3, -0.25) is 9.59 Å². The summed E-state index contributed by atoms with van der Waals surface area (Å²) in [6, 6.07) is 2.38. The first kappa shape index (κ1) is 18.0. The van der Waals surface area contributed by atoms with Crippen LogP contribution in [0.2, 0.25) is 0 Å². The van der Waals surface area contributed by atoms with Crippen molar-refractivity contribution in [2.24, 2.45) is 5.41 Å². The summed E-state index contributed by atoms with van der Waals surface area (Å²) in [5.74, 6) is 0.508. The van der Waals surface area contributed by atoms with Crippen molar-refractivity contribution in [2.45, 2.75) is 45.1 Å². The maximum absolute atomic E-state index is 12.7. The second kappa shape index (κ2) is 6.97. The first-order chi connectivity index (χ1) is 12.5. The molecule has 3 aliphatic rings. The van der Waals surface area contributed by atoms with Gasteiger partial charge in [0.2, 0.25) is 5.91 Å². The van der Waals surface area contributed by atoms with Gasteiger partial charge in [-0.15, -0.1) is 11.3 Å². The summed E-state index contributed by atoms with van der Waals surface area (Å²) < 4.78 is 0. The smallest absolute Gasteiger partial charge is 0.254 e. The number of carbonyl (C=O) groups excluding carboxylic acids is 2. The first-order valence-corrected chi connectivity index (χ1v) is 10.7. The Hall–Kier alpha value is -1.40. The molecule has 1 aromatic rings. The molecule has 0 radical (unpaired) electrons. The van der Waals surface area contributed by atoms with Crippen molar-refractivity contribution in [1.82, 2.24) is 14.7 Å². The van der Waals surface area contributed by atoms with Gasteiger partial charge >= 0.3 is 0 Å². The van der Waals surface area contributed by atoms with Gasteiger partial charge in [0, 0.05) is 48.9 Å². The SMILES string of the molecule is Cc1cc(C(=O)N2CCC3(CCC(=O)N(C4CCN(C)C4)C3)CC2)cs1. The van der Waals surface area contributed by atoms with E-state index in [2.05, 4.69) is 16.8 Å². The first-order valence-electron chi connectivity index (χ1n) is 9.78. The van der Waals surface area contributed by atoms with Crippen LogP contribution in [0.3, 0.4) is 0 Å². The summed E-state index contributed by atoms with van der Waals surface area (Å²) in [6.45, 7) is 6.67. The highest BCUT2D eigenvalue weighted by atomic mass is 32.1. The average Bonchev–Trinajstić information content (AvgIpc) is 3.26. The number of likely N-dealkylation sites (N-methyl/N-ethyl adjacent to an activating group) is 1. The molecule has 0 saturated carbocycles. The topological polar surface area (TPSA) is 43.9 Å². The number of piperidine rings is 2. The van der Waals surface area contributed by atoms with Crippen LogP contribution in [0, 0.1) is 12.3 Å². The second-order valence-electron chi connectivity index (χ2n) is 8.46. The fourth-order valence-electron chi connectivity index (χ4n) is 4.87. The minimum absolute atomic E-state index is 0.172. The lowest BCUT2D eigenvalue weighted by atomic mass is 9.72. The highest BCUT2D eigenvalue weighted by molar-refractivity contribution is 7.10. The zero-order chi connectivity index (χ0) is 18.3. The van der Waals surface area contributed by atoms with Crippen LogP contribution >= 0.6 is 11.3 Å². The third-order valence-corrected chi connectivity index (χ3v) is 7.45. The number of hydrogen-bond donors (Lipinski definition) is 0. The van der Waals surface area contributed by atoms with Crippen molar-refractivity contribution in [3.8, 4) is 0 Å². The van der Waals surface area contributed by atoms with E-state index in [9.17, 15) is 9.59 Å². The zero-order valence-electron chi connectivity index (χ0n) is 15.9. The Morgan fingerprint density at radius 3 is 2.62 bits per heavy atom. The van der Waals surface area contributed by atoms with E-state index in [1.165, 1.54) is 4.88 Å². The highest BCUT2D eigenvalue weighted by Gasteiger charge is 2.44. The van der Waals surface area contributed by atoms with E-state index >= 15 is 0 Å². The number of aryl methyl sites for hydroxylation is 1. The Balaban J connectivity index is 1.39. The Kier molecular flexibility index (Phi) is 4.82. The fourth-order valence-corrected chi connectivity index (χ4v) is 5.55. The molecule has 142 valence electrons. The van der Waals surface area contributed by atoms with Crippen LogP contribution in [0.25, 0.3) is 0 Å². The van der Waals surface area contributed by atoms with Gasteiger partial charge in [-0.2, -0.15) is 0 Å². The van der Waals surface area contributed by atoms with Crippen molar-refractivity contribution in [3.05, 3.63) is 21.9 Å². The molecule has 1 spiro atoms. The van der Waals surface area contributed by atoms with Crippen molar-refractivity contribution >= 4 is 23.2 Å². The number of nitrogens with zero attached hydrogens (tertiary/aromatic N) is 3. The molecule has 0 aliphatic carbocycles. The second-order valence-corrected chi connectivity index (χ2v) is 9.58. The van der Waals surface area contributed by atoms with E-state index in [0.717, 1.165) is 64.0 Å². The number of rotatable bonds is 2. The molecular formula is C20H29N3O2S. The molecule has 4 heterocycles. The van der Waals surface area contributed by atoms with Gasteiger partial charge < -0.3 is 14.7 Å². The van der Waals surface area contributed by atoms with Gasteiger partial charge in [0.15, 0.2) is 0 Å². The highest BCUT2D eigenvalue weighted by Crippen LogP contribution is 2.41. The molecule has 1 unspecified atom stereocenters. The molecular weight excluding hydrogens is 346 g/mol. The minimum Gasteiger partial charge on any atom is -0.339 e. The lowest BCUT2D eigenvalue weighted by Crippen LogP contribution is -2.55. The minimum atomic E-state index is 0.172. The Bertz CT molecular complexity index is 693. The standard InChI is InChI=1S/C20H29N3O2S/c1-15-11-16(13-26-15)19(25)22-9-6-20(7-10-22)5-3-18(24)23(14-20)17-4-8-21(2)12-17/h11,13,17H,3-10,12,14H2,1-2H3. The van der Waals surface area contributed by atoms with Gasteiger partial charge in [-0.25, -0.2) is 0 Å². The van der Waals surface area contributed by atoms with Crippen molar-refractivity contribution < 1.29 is 9.59 Å². The van der Waals surface area contributed by atoms with E-state index in [-0.39, 0.29) is 11.3 Å². The van der Waals surface area contributed by atoms with Crippen LogP contribution < -0.4 is 0 Å². The van der Waals surface area contributed by atoms with Gasteiger partial charge in [0.05, 0.1) is 5.56 Å². The van der Waals surface area contributed by atoms with E-state index in [1.54, 1.807) is 11.3 Å². The van der Waals surface area contributed by atoms with Gasteiger partial charge in [-0.1, -0.05) is 0 Å². The summed E-state index contributed by atoms with van der Waals surface area (Å²) >= 11 is 1.64. The molecule has 3 aliphatic heterocycles. The Morgan fingerprint density at radius 1 is 1.23 bits per heavy atom. The molecule has 0 aromatic carbocycles. The van der Waals surface area contributed by atoms with E-state index in [4.69, 9.17) is 0 Å². The molecule has 3 saturated heterocycles. The normalized spacial score (nSPS) is 26.7. The predicted molar refractivity (Wildman–Crippen MR) is 103 cm³/mol. The molecule has 1 aromatic heterocycles. The summed E-state index contributed by atoms with van der Waals surface area (Å²) in [5, 5.41) is 1.97. The number of amides is 2. The van der Waals surface area contributed by atoms with Gasteiger partial charge in [-0.05, 0) is 57.7 Å². The quantitative estimate of drug-likeness (QED) is 0.798.